The number of aliphatic hydroxyl groups excluding tert-OH is 2. The van der Waals surface area contributed by atoms with E-state index in [-0.39, 0.29) is 72.4 Å². The summed E-state index contributed by atoms with van der Waals surface area (Å²) < 4.78 is 5.22. The lowest BCUT2D eigenvalue weighted by atomic mass is 9.70. The number of fused-ring (bicyclic) bond motifs is 1. The zero-order valence-corrected chi connectivity index (χ0v) is 22.8. The molecule has 2 aromatic carbocycles. The number of rotatable bonds is 13. The van der Waals surface area contributed by atoms with Crippen LogP contribution in [0, 0.1) is 11.3 Å². The number of carboxylic acid groups (broad SMARTS) is 2. The second kappa shape index (κ2) is 12.8. The quantitative estimate of drug-likeness (QED) is 0.0592. The maximum atomic E-state index is 14.1. The molecule has 0 bridgehead atoms. The monoisotopic (exact) mass is 593 g/mol. The zero-order valence-electron chi connectivity index (χ0n) is 22.8. The first kappa shape index (κ1) is 30.7. The molecule has 2 atom stereocenters. The van der Waals surface area contributed by atoms with Crippen molar-refractivity contribution in [1.82, 2.24) is 15.3 Å². The molecule has 3 aromatic rings. The van der Waals surface area contributed by atoms with Gasteiger partial charge in [-0.3, -0.25) is 19.8 Å². The number of amidine groups is 1. The van der Waals surface area contributed by atoms with E-state index in [0.29, 0.717) is 11.1 Å². The number of amides is 1. The maximum Gasteiger partial charge on any atom is 0.311 e. The zero-order chi connectivity index (χ0) is 31.3. The maximum absolute atomic E-state index is 14.1. The van der Waals surface area contributed by atoms with Crippen molar-refractivity contribution in [3.8, 4) is 5.75 Å². The number of para-hydroxylation sites is 1. The molecule has 1 aliphatic rings. The summed E-state index contributed by atoms with van der Waals surface area (Å²) in [5.74, 6) is -6.52. The molecule has 43 heavy (non-hydrogen) atoms. The molecule has 0 fully saturated rings. The Morgan fingerprint density at radius 2 is 1.88 bits per heavy atom. The lowest BCUT2D eigenvalue weighted by Crippen LogP contribution is -2.48. The number of aromatic hydroxyl groups is 1. The largest absolute Gasteiger partial charge is 0.510 e. The molecular weight excluding hydrogens is 562 g/mol. The number of phenolic OH excluding ortho intramolecular Hbond substituents is 1. The number of carboxylic acids is 2. The van der Waals surface area contributed by atoms with Gasteiger partial charge >= 0.3 is 11.9 Å². The molecule has 1 heterocycles. The number of ether oxygens (including phenoxy) is 1. The Morgan fingerprint density at radius 1 is 1.14 bits per heavy atom. The number of phenols is 1. The average molecular weight is 594 g/mol. The van der Waals surface area contributed by atoms with Crippen molar-refractivity contribution in [2.75, 3.05) is 26.4 Å². The van der Waals surface area contributed by atoms with Crippen molar-refractivity contribution in [3.05, 3.63) is 76.8 Å². The summed E-state index contributed by atoms with van der Waals surface area (Å²) in [7, 11) is 0. The number of carbonyl (C=O) groups is 3. The van der Waals surface area contributed by atoms with E-state index in [2.05, 4.69) is 15.3 Å². The van der Waals surface area contributed by atoms with Gasteiger partial charge in [0, 0.05) is 23.2 Å². The number of aromatic nitrogens is 2. The predicted octanol–water partition coefficient (Wildman–Crippen LogP) is 1.39. The molecule has 10 N–H and O–H groups in total. The van der Waals surface area contributed by atoms with Crippen LogP contribution in [0.25, 0.3) is 16.6 Å². The highest BCUT2D eigenvalue weighted by molar-refractivity contribution is 6.00. The minimum Gasteiger partial charge on any atom is -0.510 e. The molecule has 1 amide bonds. The molecule has 0 radical (unpaired) electrons. The Bertz CT molecular complexity index is 1640. The van der Waals surface area contributed by atoms with Gasteiger partial charge in [-0.2, -0.15) is 0 Å². The molecule has 0 spiro atoms. The van der Waals surface area contributed by atoms with Gasteiger partial charge in [0.1, 0.15) is 23.2 Å². The number of aliphatic carboxylic acids is 2. The van der Waals surface area contributed by atoms with E-state index in [4.69, 9.17) is 21.0 Å². The van der Waals surface area contributed by atoms with E-state index < -0.39 is 41.4 Å². The Balaban J connectivity index is 2.00. The Kier molecular flexibility index (Phi) is 9.12. The first-order valence-corrected chi connectivity index (χ1v) is 13.2. The predicted molar refractivity (Wildman–Crippen MR) is 153 cm³/mol. The summed E-state index contributed by atoms with van der Waals surface area (Å²) >= 11 is 0. The molecule has 1 aliphatic carbocycles. The van der Waals surface area contributed by atoms with Gasteiger partial charge in [-0.1, -0.05) is 29.8 Å². The molecule has 1 aromatic heterocycles. The Labute approximate surface area is 244 Å². The van der Waals surface area contributed by atoms with Crippen LogP contribution in [0.1, 0.15) is 29.8 Å². The van der Waals surface area contributed by atoms with Crippen LogP contribution in [0.15, 0.2) is 59.9 Å². The number of carbonyl (C=O) groups excluding carboxylic acids is 1. The van der Waals surface area contributed by atoms with E-state index in [1.54, 1.807) is 24.3 Å². The number of aliphatic hydroxyl groups is 2. The van der Waals surface area contributed by atoms with Crippen LogP contribution in [-0.2, 0) is 24.5 Å². The van der Waals surface area contributed by atoms with Gasteiger partial charge in [0.25, 0.3) is 0 Å². The molecule has 14 nitrogen and oxygen atoms in total. The van der Waals surface area contributed by atoms with Gasteiger partial charge in [-0.15, -0.1) is 0 Å². The van der Waals surface area contributed by atoms with E-state index in [9.17, 15) is 34.8 Å². The van der Waals surface area contributed by atoms with Crippen LogP contribution in [0.2, 0.25) is 0 Å². The summed E-state index contributed by atoms with van der Waals surface area (Å²) in [5.41, 5.74) is 4.50. The summed E-state index contributed by atoms with van der Waals surface area (Å²) in [6.07, 6.45) is 0.0862. The number of nitrogens with one attached hydrogen (secondary N) is 3. The van der Waals surface area contributed by atoms with Crippen LogP contribution in [0.4, 0.5) is 0 Å². The first-order valence-electron chi connectivity index (χ1n) is 13.2. The summed E-state index contributed by atoms with van der Waals surface area (Å²) in [4.78, 5) is 45.7. The number of benzene rings is 2. The summed E-state index contributed by atoms with van der Waals surface area (Å²) in [6, 6.07) is 10.6. The number of imidazole rings is 1. The molecule has 4 rings (SSSR count). The van der Waals surface area contributed by atoms with Crippen molar-refractivity contribution >= 4 is 40.3 Å². The number of nitrogens with zero attached hydrogens (tertiary/aromatic N) is 1. The number of hydrogen-bond acceptors (Lipinski definition) is 9. The second-order valence-electron chi connectivity index (χ2n) is 9.86. The van der Waals surface area contributed by atoms with Gasteiger partial charge in [-0.25, -0.2) is 4.98 Å². The van der Waals surface area contributed by atoms with E-state index in [0.717, 1.165) is 0 Å². The standard InChI is InChI=1S/C29H31N5O9/c30-25(31)15-5-6-20-21(12-15)34-27(33-20)29(28(42)32-7-9-43-10-8-35)14-16(18(26(40)41)13-23(37)38)11-19(24(29)39)17-3-1-2-4-22(17)36/h1-6,12,14,18,35-36,39H,7-11,13H2,(H3,30,31)(H,32,42)(H,33,34)(H,37,38)(H,40,41). The lowest BCUT2D eigenvalue weighted by molar-refractivity contribution is -0.147. The normalized spacial score (nSPS) is 17.4. The van der Waals surface area contributed by atoms with Gasteiger partial charge in [0.2, 0.25) is 5.91 Å². The number of allylic oxidation sites excluding steroid dienone is 1. The second-order valence-corrected chi connectivity index (χ2v) is 9.86. The van der Waals surface area contributed by atoms with E-state index in [1.807, 2.05) is 0 Å². The third kappa shape index (κ3) is 6.19. The number of hydrogen-bond donors (Lipinski definition) is 9. The molecule has 0 saturated heterocycles. The minimum atomic E-state index is -2.22. The summed E-state index contributed by atoms with van der Waals surface area (Å²) in [5, 5.41) is 61.5. The van der Waals surface area contributed by atoms with Gasteiger partial charge in [-0.05, 0) is 30.7 Å². The fourth-order valence-corrected chi connectivity index (χ4v) is 5.01. The fourth-order valence-electron chi connectivity index (χ4n) is 5.01. The highest BCUT2D eigenvalue weighted by Gasteiger charge is 2.50. The highest BCUT2D eigenvalue weighted by atomic mass is 16.5. The number of nitrogens with two attached hydrogens (primary N) is 1. The molecule has 14 heteroatoms. The number of aromatic amines is 1. The minimum absolute atomic E-state index is 0.00533. The van der Waals surface area contributed by atoms with Crippen LogP contribution in [-0.4, -0.2) is 85.5 Å². The molecule has 0 aliphatic heterocycles. The average Bonchev–Trinajstić information content (AvgIpc) is 3.40. The Hall–Kier alpha value is -5.21. The van der Waals surface area contributed by atoms with E-state index in [1.165, 1.54) is 24.3 Å². The highest BCUT2D eigenvalue weighted by Crippen LogP contribution is 2.47. The van der Waals surface area contributed by atoms with Crippen molar-refractivity contribution in [2.45, 2.75) is 18.3 Å². The fraction of sp³-hybridized carbons (Fsp3) is 0.276. The molecule has 0 saturated carbocycles. The Morgan fingerprint density at radius 3 is 2.53 bits per heavy atom. The topological polar surface area (TPSA) is 252 Å². The van der Waals surface area contributed by atoms with Gasteiger partial charge in [0.05, 0.1) is 43.2 Å². The molecule has 2 unspecified atom stereocenters. The number of nitrogen functional groups attached to an aromatic ring is 1. The van der Waals surface area contributed by atoms with Gasteiger partial charge < -0.3 is 46.3 Å². The number of H-pyrrole nitrogens is 1. The van der Waals surface area contributed by atoms with Crippen molar-refractivity contribution in [1.29, 1.82) is 5.41 Å². The van der Waals surface area contributed by atoms with Crippen molar-refractivity contribution in [2.24, 2.45) is 11.7 Å². The first-order chi connectivity index (χ1) is 20.5. The SMILES string of the molecule is N=C(N)c1ccc2[nH]c(C3(C(=O)NCCOCCO)C=C(C(CC(=O)O)C(=O)O)CC(c4ccccc4O)=C3O)nc2c1. The van der Waals surface area contributed by atoms with Gasteiger partial charge in [0.15, 0.2) is 5.41 Å². The smallest absolute Gasteiger partial charge is 0.311 e. The van der Waals surface area contributed by atoms with Crippen LogP contribution in [0.3, 0.4) is 0 Å². The molecular formula is C29H31N5O9. The van der Waals surface area contributed by atoms with Crippen LogP contribution >= 0.6 is 0 Å². The van der Waals surface area contributed by atoms with Crippen molar-refractivity contribution in [3.63, 3.8) is 0 Å². The van der Waals surface area contributed by atoms with Crippen LogP contribution < -0.4 is 11.1 Å². The third-order valence-corrected chi connectivity index (χ3v) is 7.09. The summed E-state index contributed by atoms with van der Waals surface area (Å²) in [6.45, 7) is -0.298. The van der Waals surface area contributed by atoms with Crippen LogP contribution in [0.5, 0.6) is 5.75 Å². The van der Waals surface area contributed by atoms with E-state index >= 15 is 0 Å². The van der Waals surface area contributed by atoms with Crippen molar-refractivity contribution < 1.29 is 44.7 Å². The third-order valence-electron chi connectivity index (χ3n) is 7.09. The molecule has 226 valence electrons. The lowest BCUT2D eigenvalue weighted by Gasteiger charge is -2.35.